The minimum absolute atomic E-state index is 0.0351. The highest BCUT2D eigenvalue weighted by atomic mass is 79.9. The molecule has 0 saturated heterocycles. The molecule has 16 heavy (non-hydrogen) atoms. The molecule has 0 aliphatic rings. The maximum absolute atomic E-state index is 11.1. The Labute approximate surface area is 101 Å². The quantitative estimate of drug-likeness (QED) is 0.368. The average molecular weight is 288 g/mol. The number of methoxy groups -OCH3 is 1. The summed E-state index contributed by atoms with van der Waals surface area (Å²) in [5.41, 5.74) is 0.866. The predicted molar refractivity (Wildman–Crippen MR) is 61.5 cm³/mol. The second-order valence-electron chi connectivity index (χ2n) is 3.12. The van der Waals surface area contributed by atoms with Gasteiger partial charge in [-0.1, -0.05) is 28.1 Å². The Hall–Kier alpha value is -1.43. The first-order valence-corrected chi connectivity index (χ1v) is 5.41. The highest BCUT2D eigenvalue weighted by Crippen LogP contribution is 2.16. The highest BCUT2D eigenvalue weighted by Gasteiger charge is 2.16. The number of hydrogen-bond donors (Lipinski definition) is 0. The van der Waals surface area contributed by atoms with Crippen molar-refractivity contribution >= 4 is 27.6 Å². The zero-order chi connectivity index (χ0) is 12.1. The van der Waals surface area contributed by atoms with E-state index < -0.39 is 9.75 Å². The SMILES string of the molecule is COC(=O)C(Br)Cc1ccc([N+](=O)[O-])cc1. The Kier molecular flexibility index (Phi) is 4.42. The van der Waals surface area contributed by atoms with Gasteiger partial charge in [0.1, 0.15) is 4.83 Å². The molecular weight excluding hydrogens is 278 g/mol. The molecule has 86 valence electrons. The third-order valence-corrected chi connectivity index (χ3v) is 2.72. The molecule has 1 aromatic carbocycles. The normalized spacial score (nSPS) is 11.9. The maximum atomic E-state index is 11.1. The molecule has 0 bridgehead atoms. The molecule has 0 aliphatic carbocycles. The van der Waals surface area contributed by atoms with E-state index in [1.54, 1.807) is 12.1 Å². The van der Waals surface area contributed by atoms with Crippen molar-refractivity contribution in [2.75, 3.05) is 7.11 Å². The van der Waals surface area contributed by atoms with Gasteiger partial charge in [-0.2, -0.15) is 0 Å². The van der Waals surface area contributed by atoms with Crippen LogP contribution in [0.1, 0.15) is 5.56 Å². The van der Waals surface area contributed by atoms with Crippen LogP contribution in [-0.2, 0) is 16.0 Å². The third-order valence-electron chi connectivity index (χ3n) is 2.02. The summed E-state index contributed by atoms with van der Waals surface area (Å²) in [5.74, 6) is -0.363. The number of alkyl halides is 1. The van der Waals surface area contributed by atoms with Crippen molar-refractivity contribution in [2.45, 2.75) is 11.2 Å². The van der Waals surface area contributed by atoms with Gasteiger partial charge in [-0.25, -0.2) is 0 Å². The van der Waals surface area contributed by atoms with Crippen LogP contribution in [0, 0.1) is 10.1 Å². The van der Waals surface area contributed by atoms with Crippen molar-refractivity contribution in [2.24, 2.45) is 0 Å². The number of benzene rings is 1. The third kappa shape index (κ3) is 3.30. The van der Waals surface area contributed by atoms with E-state index in [0.717, 1.165) is 5.56 Å². The zero-order valence-corrected chi connectivity index (χ0v) is 10.1. The Balaban J connectivity index is 2.68. The first kappa shape index (κ1) is 12.6. The van der Waals surface area contributed by atoms with Gasteiger partial charge in [0.05, 0.1) is 12.0 Å². The van der Waals surface area contributed by atoms with Gasteiger partial charge in [-0.05, 0) is 12.0 Å². The molecule has 1 aromatic rings. The zero-order valence-electron chi connectivity index (χ0n) is 8.55. The monoisotopic (exact) mass is 287 g/mol. The number of ether oxygens (including phenoxy) is 1. The summed E-state index contributed by atoms with van der Waals surface area (Å²) >= 11 is 3.18. The van der Waals surface area contributed by atoms with Crippen molar-refractivity contribution in [1.29, 1.82) is 0 Å². The number of non-ortho nitro benzene ring substituents is 1. The summed E-state index contributed by atoms with van der Waals surface area (Å²) < 4.78 is 4.55. The van der Waals surface area contributed by atoms with E-state index >= 15 is 0 Å². The highest BCUT2D eigenvalue weighted by molar-refractivity contribution is 9.10. The van der Waals surface area contributed by atoms with Crippen molar-refractivity contribution < 1.29 is 14.5 Å². The molecule has 0 radical (unpaired) electrons. The van der Waals surface area contributed by atoms with E-state index in [2.05, 4.69) is 20.7 Å². The van der Waals surface area contributed by atoms with Gasteiger partial charge in [0.2, 0.25) is 0 Å². The molecule has 1 atom stereocenters. The molecule has 0 spiro atoms. The number of nitro benzene ring substituents is 1. The fraction of sp³-hybridized carbons (Fsp3) is 0.300. The number of hydrogen-bond acceptors (Lipinski definition) is 4. The number of nitro groups is 1. The van der Waals surface area contributed by atoms with E-state index in [1.165, 1.54) is 19.2 Å². The van der Waals surface area contributed by atoms with Crippen LogP contribution in [0.2, 0.25) is 0 Å². The molecule has 6 heteroatoms. The fourth-order valence-electron chi connectivity index (χ4n) is 1.17. The predicted octanol–water partition coefficient (Wildman–Crippen LogP) is 2.07. The Bertz CT molecular complexity index is 390. The van der Waals surface area contributed by atoms with Crippen LogP contribution in [-0.4, -0.2) is 22.8 Å². The van der Waals surface area contributed by atoms with Gasteiger partial charge in [-0.15, -0.1) is 0 Å². The van der Waals surface area contributed by atoms with Crippen molar-refractivity contribution in [3.8, 4) is 0 Å². The second-order valence-corrected chi connectivity index (χ2v) is 4.22. The van der Waals surface area contributed by atoms with E-state index in [1.807, 2.05) is 0 Å². The number of carbonyl (C=O) groups excluding carboxylic acids is 1. The number of nitrogens with zero attached hydrogens (tertiary/aromatic N) is 1. The van der Waals surface area contributed by atoms with Crippen LogP contribution >= 0.6 is 15.9 Å². The van der Waals surface area contributed by atoms with Crippen LogP contribution in [0.15, 0.2) is 24.3 Å². The molecular formula is C10H10BrNO4. The summed E-state index contributed by atoms with van der Waals surface area (Å²) in [5, 5.41) is 10.4. The lowest BCUT2D eigenvalue weighted by Gasteiger charge is -2.06. The number of halogens is 1. The molecule has 0 saturated carbocycles. The average Bonchev–Trinajstić information content (AvgIpc) is 2.28. The van der Waals surface area contributed by atoms with Gasteiger partial charge in [0.15, 0.2) is 0 Å². The van der Waals surface area contributed by atoms with E-state index in [0.29, 0.717) is 6.42 Å². The fourth-order valence-corrected chi connectivity index (χ4v) is 1.73. The smallest absolute Gasteiger partial charge is 0.319 e. The lowest BCUT2D eigenvalue weighted by molar-refractivity contribution is -0.384. The summed E-state index contributed by atoms with van der Waals surface area (Å²) in [4.78, 5) is 20.6. The Morgan fingerprint density at radius 1 is 1.50 bits per heavy atom. The van der Waals surface area contributed by atoms with Gasteiger partial charge in [0.25, 0.3) is 5.69 Å². The molecule has 0 N–H and O–H groups in total. The molecule has 0 fully saturated rings. The standard InChI is InChI=1S/C10H10BrNO4/c1-16-10(13)9(11)6-7-2-4-8(5-3-7)12(14)15/h2-5,9H,6H2,1H3. The minimum Gasteiger partial charge on any atom is -0.468 e. The molecule has 1 rings (SSSR count). The van der Waals surface area contributed by atoms with E-state index in [4.69, 9.17) is 0 Å². The lowest BCUT2D eigenvalue weighted by Crippen LogP contribution is -2.17. The number of esters is 1. The topological polar surface area (TPSA) is 69.4 Å². The first-order valence-electron chi connectivity index (χ1n) is 4.50. The van der Waals surface area contributed by atoms with Gasteiger partial charge >= 0.3 is 5.97 Å². The van der Waals surface area contributed by atoms with Crippen molar-refractivity contribution in [1.82, 2.24) is 0 Å². The molecule has 0 aliphatic heterocycles. The molecule has 0 amide bonds. The number of carbonyl (C=O) groups is 1. The van der Waals surface area contributed by atoms with Crippen molar-refractivity contribution in [3.63, 3.8) is 0 Å². The molecule has 5 nitrogen and oxygen atoms in total. The Morgan fingerprint density at radius 2 is 2.06 bits per heavy atom. The largest absolute Gasteiger partial charge is 0.468 e. The minimum atomic E-state index is -0.463. The molecule has 1 unspecified atom stereocenters. The van der Waals surface area contributed by atoms with Crippen LogP contribution in [0.3, 0.4) is 0 Å². The van der Waals surface area contributed by atoms with Crippen LogP contribution in [0.25, 0.3) is 0 Å². The lowest BCUT2D eigenvalue weighted by atomic mass is 10.1. The van der Waals surface area contributed by atoms with Crippen LogP contribution in [0.4, 0.5) is 5.69 Å². The first-order chi connectivity index (χ1) is 7.54. The maximum Gasteiger partial charge on any atom is 0.319 e. The van der Waals surface area contributed by atoms with Gasteiger partial charge in [0, 0.05) is 12.1 Å². The number of rotatable bonds is 4. The van der Waals surface area contributed by atoms with Crippen LogP contribution in [0.5, 0.6) is 0 Å². The summed E-state index contributed by atoms with van der Waals surface area (Å²) in [6, 6.07) is 6.06. The van der Waals surface area contributed by atoms with E-state index in [9.17, 15) is 14.9 Å². The van der Waals surface area contributed by atoms with Crippen molar-refractivity contribution in [3.05, 3.63) is 39.9 Å². The molecule has 0 heterocycles. The summed E-state index contributed by atoms with van der Waals surface area (Å²) in [6.45, 7) is 0. The summed E-state index contributed by atoms with van der Waals surface area (Å²) in [7, 11) is 1.31. The molecule has 0 aromatic heterocycles. The second kappa shape index (κ2) is 5.60. The van der Waals surface area contributed by atoms with Gasteiger partial charge < -0.3 is 4.74 Å². The van der Waals surface area contributed by atoms with Crippen LogP contribution < -0.4 is 0 Å². The van der Waals surface area contributed by atoms with E-state index in [-0.39, 0.29) is 11.7 Å². The van der Waals surface area contributed by atoms with Gasteiger partial charge in [-0.3, -0.25) is 14.9 Å². The Morgan fingerprint density at radius 3 is 2.50 bits per heavy atom. The summed E-state index contributed by atoms with van der Waals surface area (Å²) in [6.07, 6.45) is 0.435.